The molecule has 2 atom stereocenters. The Hall–Kier alpha value is -0.315. The molecule has 0 amide bonds. The molecule has 0 heterocycles. The van der Waals surface area contributed by atoms with E-state index in [2.05, 4.69) is 12.2 Å². The van der Waals surface area contributed by atoms with Gasteiger partial charge in [0.25, 0.3) is 0 Å². The van der Waals surface area contributed by atoms with Gasteiger partial charge in [0.2, 0.25) is 0 Å². The van der Waals surface area contributed by atoms with E-state index in [0.29, 0.717) is 19.1 Å². The summed E-state index contributed by atoms with van der Waals surface area (Å²) in [5, 5.41) is 0. The molecule has 0 radical (unpaired) electrons. The lowest BCUT2D eigenvalue weighted by molar-refractivity contribution is 0.0278. The highest BCUT2D eigenvalue weighted by Gasteiger charge is 2.45. The van der Waals surface area contributed by atoms with Gasteiger partial charge in [0.15, 0.2) is 0 Å². The van der Waals surface area contributed by atoms with Gasteiger partial charge in [-0.2, -0.15) is 0 Å². The molecule has 4 heteroatoms. The number of hydrogen-bond donors (Lipinski definition) is 0. The maximum Gasteiger partial charge on any atom is 0.640 e. The van der Waals surface area contributed by atoms with Crippen molar-refractivity contribution in [3.8, 4) is 0 Å². The fourth-order valence-corrected chi connectivity index (χ4v) is 2.43. The minimum atomic E-state index is -0.499. The summed E-state index contributed by atoms with van der Waals surface area (Å²) in [4.78, 5) is 0. The fourth-order valence-electron chi connectivity index (χ4n) is 2.43. The van der Waals surface area contributed by atoms with E-state index < -0.39 is 7.32 Å². The van der Waals surface area contributed by atoms with E-state index in [1.165, 1.54) is 6.42 Å². The minimum absolute atomic E-state index is 0.0975. The number of fused-ring (bicyclic) bond motifs is 2. The van der Waals surface area contributed by atoms with Crippen LogP contribution in [0.4, 0.5) is 0 Å². The largest absolute Gasteiger partial charge is 0.640 e. The Morgan fingerprint density at radius 2 is 2.07 bits per heavy atom. The van der Waals surface area contributed by atoms with E-state index in [0.717, 1.165) is 12.8 Å². The topological polar surface area (TPSA) is 27.7 Å². The van der Waals surface area contributed by atoms with Crippen LogP contribution in [0.5, 0.6) is 0 Å². The molecule has 2 rings (SSSR count). The standard InChI is InChI=1S/C11H19BO3/c1-3-13-12(14-4-2)15-11-7-5-10(9-11)6-8-11/h5,7,10H,3-4,6,8-9H2,1-2H3. The second kappa shape index (κ2) is 4.68. The molecule has 0 aromatic rings. The molecule has 2 unspecified atom stereocenters. The van der Waals surface area contributed by atoms with Crippen LogP contribution in [0.15, 0.2) is 12.2 Å². The summed E-state index contributed by atoms with van der Waals surface area (Å²) in [6.45, 7) is 5.14. The van der Waals surface area contributed by atoms with Crippen LogP contribution in [-0.4, -0.2) is 26.1 Å². The summed E-state index contributed by atoms with van der Waals surface area (Å²) in [7, 11) is -0.499. The smallest absolute Gasteiger partial charge is 0.386 e. The van der Waals surface area contributed by atoms with E-state index in [9.17, 15) is 0 Å². The molecular formula is C11H19BO3. The lowest BCUT2D eigenvalue weighted by Crippen LogP contribution is -2.38. The van der Waals surface area contributed by atoms with Crippen LogP contribution < -0.4 is 0 Å². The highest BCUT2D eigenvalue weighted by Crippen LogP contribution is 2.45. The Morgan fingerprint density at radius 3 is 2.47 bits per heavy atom. The molecule has 0 aromatic heterocycles. The predicted octanol–water partition coefficient (Wildman–Crippen LogP) is 2.17. The maximum absolute atomic E-state index is 5.94. The lowest BCUT2D eigenvalue weighted by atomic mass is 10.0. The van der Waals surface area contributed by atoms with Crippen molar-refractivity contribution >= 4 is 7.32 Å². The lowest BCUT2D eigenvalue weighted by Gasteiger charge is -2.27. The number of hydrogen-bond acceptors (Lipinski definition) is 3. The molecule has 2 bridgehead atoms. The first kappa shape index (κ1) is 11.2. The average molecular weight is 210 g/mol. The van der Waals surface area contributed by atoms with Crippen LogP contribution in [0.25, 0.3) is 0 Å². The first-order valence-corrected chi connectivity index (χ1v) is 5.88. The predicted molar refractivity (Wildman–Crippen MR) is 59.3 cm³/mol. The zero-order valence-corrected chi connectivity index (χ0v) is 9.57. The van der Waals surface area contributed by atoms with Crippen LogP contribution in [0, 0.1) is 5.92 Å². The van der Waals surface area contributed by atoms with Crippen molar-refractivity contribution < 1.29 is 14.0 Å². The Labute approximate surface area is 92.0 Å². The zero-order valence-electron chi connectivity index (χ0n) is 9.57. The van der Waals surface area contributed by atoms with E-state index in [4.69, 9.17) is 14.0 Å². The van der Waals surface area contributed by atoms with Gasteiger partial charge in [-0.15, -0.1) is 0 Å². The van der Waals surface area contributed by atoms with Crippen LogP contribution in [-0.2, 0) is 14.0 Å². The second-order valence-corrected chi connectivity index (χ2v) is 4.24. The first-order chi connectivity index (χ1) is 7.28. The molecule has 1 saturated carbocycles. The van der Waals surface area contributed by atoms with Crippen LogP contribution in [0.1, 0.15) is 33.1 Å². The third-order valence-corrected chi connectivity index (χ3v) is 3.15. The summed E-state index contributed by atoms with van der Waals surface area (Å²) in [6, 6.07) is 0. The molecule has 0 spiro atoms. The summed E-state index contributed by atoms with van der Waals surface area (Å²) >= 11 is 0. The van der Waals surface area contributed by atoms with Gasteiger partial charge < -0.3 is 14.0 Å². The van der Waals surface area contributed by atoms with Crippen molar-refractivity contribution in [2.45, 2.75) is 38.7 Å². The Bertz CT molecular complexity index is 238. The van der Waals surface area contributed by atoms with Crippen molar-refractivity contribution in [2.75, 3.05) is 13.2 Å². The van der Waals surface area contributed by atoms with Crippen molar-refractivity contribution in [3.63, 3.8) is 0 Å². The van der Waals surface area contributed by atoms with Gasteiger partial charge in [0.1, 0.15) is 0 Å². The molecule has 0 N–H and O–H groups in total. The van der Waals surface area contributed by atoms with Gasteiger partial charge in [-0.1, -0.05) is 12.2 Å². The SMILES string of the molecule is CCOB(OCC)OC12C=CC(CC1)C2. The normalized spacial score (nSPS) is 32.5. The van der Waals surface area contributed by atoms with Gasteiger partial charge in [-0.25, -0.2) is 0 Å². The van der Waals surface area contributed by atoms with Crippen molar-refractivity contribution in [2.24, 2.45) is 5.92 Å². The van der Waals surface area contributed by atoms with Crippen molar-refractivity contribution in [1.82, 2.24) is 0 Å². The Kier molecular flexibility index (Phi) is 3.49. The monoisotopic (exact) mass is 210 g/mol. The maximum atomic E-state index is 5.94. The Morgan fingerprint density at radius 1 is 1.33 bits per heavy atom. The quantitative estimate of drug-likeness (QED) is 0.496. The van der Waals surface area contributed by atoms with Gasteiger partial charge in [0.05, 0.1) is 5.60 Å². The molecule has 0 aliphatic heterocycles. The average Bonchev–Trinajstić information content (AvgIpc) is 2.78. The zero-order chi connectivity index (χ0) is 10.7. The molecule has 0 aromatic carbocycles. The number of rotatable bonds is 6. The summed E-state index contributed by atoms with van der Waals surface area (Å²) in [5.74, 6) is 0.717. The van der Waals surface area contributed by atoms with Gasteiger partial charge in [0, 0.05) is 13.2 Å². The van der Waals surface area contributed by atoms with E-state index in [1.807, 2.05) is 13.8 Å². The highest BCUT2D eigenvalue weighted by atomic mass is 16.7. The molecule has 84 valence electrons. The summed E-state index contributed by atoms with van der Waals surface area (Å²) in [6.07, 6.45) is 7.89. The van der Waals surface area contributed by atoms with Crippen LogP contribution in [0.3, 0.4) is 0 Å². The molecule has 1 fully saturated rings. The molecular weight excluding hydrogens is 191 g/mol. The van der Waals surface area contributed by atoms with Gasteiger partial charge in [-0.05, 0) is 39.0 Å². The Balaban J connectivity index is 1.90. The third kappa shape index (κ3) is 2.44. The van der Waals surface area contributed by atoms with Crippen molar-refractivity contribution in [3.05, 3.63) is 12.2 Å². The number of allylic oxidation sites excluding steroid dienone is 1. The highest BCUT2D eigenvalue weighted by molar-refractivity contribution is 6.36. The molecule has 15 heavy (non-hydrogen) atoms. The third-order valence-electron chi connectivity index (χ3n) is 3.15. The summed E-state index contributed by atoms with van der Waals surface area (Å²) < 4.78 is 16.8. The molecule has 2 aliphatic carbocycles. The van der Waals surface area contributed by atoms with E-state index in [-0.39, 0.29) is 5.60 Å². The molecule has 3 nitrogen and oxygen atoms in total. The van der Waals surface area contributed by atoms with Gasteiger partial charge in [-0.3, -0.25) is 0 Å². The van der Waals surface area contributed by atoms with E-state index >= 15 is 0 Å². The van der Waals surface area contributed by atoms with Crippen LogP contribution in [0.2, 0.25) is 0 Å². The first-order valence-electron chi connectivity index (χ1n) is 5.88. The minimum Gasteiger partial charge on any atom is -0.386 e. The second-order valence-electron chi connectivity index (χ2n) is 4.24. The van der Waals surface area contributed by atoms with Crippen molar-refractivity contribution in [1.29, 1.82) is 0 Å². The summed E-state index contributed by atoms with van der Waals surface area (Å²) in [5.41, 5.74) is -0.0975. The molecule has 2 aliphatic rings. The fraction of sp³-hybridized carbons (Fsp3) is 0.818. The van der Waals surface area contributed by atoms with Gasteiger partial charge >= 0.3 is 7.32 Å². The van der Waals surface area contributed by atoms with E-state index in [1.54, 1.807) is 0 Å². The molecule has 0 saturated heterocycles. The van der Waals surface area contributed by atoms with Crippen LogP contribution >= 0.6 is 0 Å².